The smallest absolute Gasteiger partial charge is 0.158 e. The minimum absolute atomic E-state index is 0.129. The Bertz CT molecular complexity index is 751. The van der Waals surface area contributed by atoms with Crippen LogP contribution >= 0.6 is 0 Å². The number of aromatic hydroxyl groups is 2. The van der Waals surface area contributed by atoms with Crippen molar-refractivity contribution in [1.29, 1.82) is 0 Å². The second-order valence-corrected chi connectivity index (χ2v) is 4.65. The quantitative estimate of drug-likeness (QED) is 0.691. The lowest BCUT2D eigenvalue weighted by Gasteiger charge is -2.08. The first-order valence-electron chi connectivity index (χ1n) is 6.58. The van der Waals surface area contributed by atoms with Gasteiger partial charge in [0, 0.05) is 0 Å². The molecule has 3 aromatic rings. The normalized spacial score (nSPS) is 10.3. The van der Waals surface area contributed by atoms with Crippen LogP contribution in [0.5, 0.6) is 23.0 Å². The largest absolute Gasteiger partial charge is 0.504 e. The summed E-state index contributed by atoms with van der Waals surface area (Å²) in [5, 5.41) is 19.0. The second-order valence-electron chi connectivity index (χ2n) is 4.65. The van der Waals surface area contributed by atoms with Crippen LogP contribution in [0.3, 0.4) is 0 Å². The minimum Gasteiger partial charge on any atom is -0.504 e. The van der Waals surface area contributed by atoms with Crippen LogP contribution in [0.2, 0.25) is 0 Å². The predicted octanol–water partition coefficient (Wildman–Crippen LogP) is 4.56. The third kappa shape index (κ3) is 2.98. The molecule has 0 radical (unpaired) electrons. The SMILES string of the molecule is Oc1ccc(-c2cccc(Oc3ccccc3)c2)cc1O. The Morgan fingerprint density at radius 1 is 0.571 bits per heavy atom. The molecule has 21 heavy (non-hydrogen) atoms. The van der Waals surface area contributed by atoms with Crippen molar-refractivity contribution >= 4 is 0 Å². The molecule has 0 saturated carbocycles. The van der Waals surface area contributed by atoms with E-state index < -0.39 is 0 Å². The standard InChI is InChI=1S/C18H14O3/c19-17-10-9-14(12-18(17)20)13-5-4-8-16(11-13)21-15-6-2-1-3-7-15/h1-12,19-20H. The van der Waals surface area contributed by atoms with Gasteiger partial charge in [-0.2, -0.15) is 0 Å². The van der Waals surface area contributed by atoms with Gasteiger partial charge in [-0.05, 0) is 47.5 Å². The highest BCUT2D eigenvalue weighted by atomic mass is 16.5. The first-order valence-corrected chi connectivity index (χ1v) is 6.58. The second kappa shape index (κ2) is 5.59. The Morgan fingerprint density at radius 3 is 2.05 bits per heavy atom. The van der Waals surface area contributed by atoms with Crippen molar-refractivity contribution in [3.63, 3.8) is 0 Å². The molecule has 104 valence electrons. The fraction of sp³-hybridized carbons (Fsp3) is 0. The van der Waals surface area contributed by atoms with E-state index in [2.05, 4.69) is 0 Å². The number of hydrogen-bond acceptors (Lipinski definition) is 3. The van der Waals surface area contributed by atoms with Gasteiger partial charge < -0.3 is 14.9 Å². The summed E-state index contributed by atoms with van der Waals surface area (Å²) in [6.45, 7) is 0. The van der Waals surface area contributed by atoms with E-state index in [-0.39, 0.29) is 11.5 Å². The summed E-state index contributed by atoms with van der Waals surface area (Å²) >= 11 is 0. The molecule has 2 N–H and O–H groups in total. The van der Waals surface area contributed by atoms with Crippen LogP contribution in [0.4, 0.5) is 0 Å². The molecule has 0 bridgehead atoms. The van der Waals surface area contributed by atoms with Gasteiger partial charge in [-0.15, -0.1) is 0 Å². The van der Waals surface area contributed by atoms with Crippen LogP contribution < -0.4 is 4.74 Å². The third-order valence-corrected chi connectivity index (χ3v) is 3.12. The first-order chi connectivity index (χ1) is 10.2. The zero-order valence-electron chi connectivity index (χ0n) is 11.2. The van der Waals surface area contributed by atoms with Gasteiger partial charge in [-0.25, -0.2) is 0 Å². The molecule has 0 atom stereocenters. The molecule has 0 saturated heterocycles. The molecule has 3 rings (SSSR count). The Hall–Kier alpha value is -2.94. The van der Waals surface area contributed by atoms with Crippen LogP contribution in [0.15, 0.2) is 72.8 Å². The van der Waals surface area contributed by atoms with Crippen molar-refractivity contribution in [3.05, 3.63) is 72.8 Å². The van der Waals surface area contributed by atoms with E-state index in [1.807, 2.05) is 54.6 Å². The molecule has 0 heterocycles. The van der Waals surface area contributed by atoms with Gasteiger partial charge >= 0.3 is 0 Å². The molecule has 0 spiro atoms. The fourth-order valence-corrected chi connectivity index (χ4v) is 2.07. The zero-order valence-corrected chi connectivity index (χ0v) is 11.2. The number of para-hydroxylation sites is 1. The molecule has 0 aromatic heterocycles. The molecule has 0 unspecified atom stereocenters. The van der Waals surface area contributed by atoms with Crippen molar-refractivity contribution in [2.75, 3.05) is 0 Å². The molecule has 0 aliphatic heterocycles. The third-order valence-electron chi connectivity index (χ3n) is 3.12. The predicted molar refractivity (Wildman–Crippen MR) is 81.7 cm³/mol. The number of phenols is 2. The Balaban J connectivity index is 1.91. The van der Waals surface area contributed by atoms with Crippen LogP contribution in [0.25, 0.3) is 11.1 Å². The highest BCUT2D eigenvalue weighted by Gasteiger charge is 2.05. The highest BCUT2D eigenvalue weighted by molar-refractivity contribution is 5.68. The van der Waals surface area contributed by atoms with Crippen molar-refractivity contribution in [3.8, 4) is 34.1 Å². The van der Waals surface area contributed by atoms with Gasteiger partial charge in [0.05, 0.1) is 0 Å². The lowest BCUT2D eigenvalue weighted by Crippen LogP contribution is -1.85. The number of rotatable bonds is 3. The van der Waals surface area contributed by atoms with Gasteiger partial charge in [0.25, 0.3) is 0 Å². The van der Waals surface area contributed by atoms with Gasteiger partial charge in [-0.3, -0.25) is 0 Å². The molecule has 3 nitrogen and oxygen atoms in total. The van der Waals surface area contributed by atoms with E-state index in [9.17, 15) is 10.2 Å². The maximum Gasteiger partial charge on any atom is 0.158 e. The van der Waals surface area contributed by atoms with Crippen LogP contribution in [-0.4, -0.2) is 10.2 Å². The molecule has 0 aliphatic carbocycles. The lowest BCUT2D eigenvalue weighted by molar-refractivity contribution is 0.404. The molecule has 0 aliphatic rings. The van der Waals surface area contributed by atoms with Crippen LogP contribution in [0.1, 0.15) is 0 Å². The summed E-state index contributed by atoms with van der Waals surface area (Å²) in [5.74, 6) is 1.21. The van der Waals surface area contributed by atoms with Gasteiger partial charge in [0.2, 0.25) is 0 Å². The molecule has 3 heteroatoms. The fourth-order valence-electron chi connectivity index (χ4n) is 2.07. The summed E-state index contributed by atoms with van der Waals surface area (Å²) in [5.41, 5.74) is 1.71. The highest BCUT2D eigenvalue weighted by Crippen LogP contribution is 2.32. The summed E-state index contributed by atoms with van der Waals surface area (Å²) < 4.78 is 5.78. The van der Waals surface area contributed by atoms with Gasteiger partial charge in [0.15, 0.2) is 11.5 Å². The van der Waals surface area contributed by atoms with Crippen LogP contribution in [-0.2, 0) is 0 Å². The molecule has 3 aromatic carbocycles. The average molecular weight is 278 g/mol. The molecule has 0 amide bonds. The topological polar surface area (TPSA) is 49.7 Å². The maximum atomic E-state index is 9.58. The van der Waals surface area contributed by atoms with E-state index in [4.69, 9.17) is 4.74 Å². The van der Waals surface area contributed by atoms with Gasteiger partial charge in [-0.1, -0.05) is 36.4 Å². The van der Waals surface area contributed by atoms with Crippen molar-refractivity contribution in [1.82, 2.24) is 0 Å². The number of hydrogen-bond donors (Lipinski definition) is 2. The summed E-state index contributed by atoms with van der Waals surface area (Å²) in [6.07, 6.45) is 0. The van der Waals surface area contributed by atoms with Crippen LogP contribution in [0, 0.1) is 0 Å². The number of phenolic OH excluding ortho intramolecular Hbond substituents is 2. The van der Waals surface area contributed by atoms with Crippen molar-refractivity contribution in [2.45, 2.75) is 0 Å². The van der Waals surface area contributed by atoms with E-state index in [0.717, 1.165) is 16.9 Å². The minimum atomic E-state index is -0.137. The number of ether oxygens (including phenoxy) is 1. The summed E-state index contributed by atoms with van der Waals surface area (Å²) in [4.78, 5) is 0. The molecule has 0 fully saturated rings. The Labute approximate surface area is 122 Å². The Morgan fingerprint density at radius 2 is 1.29 bits per heavy atom. The summed E-state index contributed by atoms with van der Waals surface area (Å²) in [7, 11) is 0. The zero-order chi connectivity index (χ0) is 14.7. The average Bonchev–Trinajstić information content (AvgIpc) is 2.51. The van der Waals surface area contributed by atoms with Gasteiger partial charge in [0.1, 0.15) is 11.5 Å². The molecular weight excluding hydrogens is 264 g/mol. The Kier molecular flexibility index (Phi) is 3.48. The lowest BCUT2D eigenvalue weighted by atomic mass is 10.0. The molecular formula is C18H14O3. The number of benzene rings is 3. The van der Waals surface area contributed by atoms with E-state index in [1.54, 1.807) is 6.07 Å². The first kappa shape index (κ1) is 13.1. The van der Waals surface area contributed by atoms with E-state index in [1.165, 1.54) is 12.1 Å². The summed E-state index contributed by atoms with van der Waals surface area (Å²) in [6, 6.07) is 21.8. The monoisotopic (exact) mass is 278 g/mol. The van der Waals surface area contributed by atoms with Crippen molar-refractivity contribution < 1.29 is 14.9 Å². The van der Waals surface area contributed by atoms with Crippen molar-refractivity contribution in [2.24, 2.45) is 0 Å². The maximum absolute atomic E-state index is 9.58. The van der Waals surface area contributed by atoms with E-state index in [0.29, 0.717) is 5.75 Å². The van der Waals surface area contributed by atoms with E-state index >= 15 is 0 Å².